The van der Waals surface area contributed by atoms with E-state index >= 15 is 0 Å². The van der Waals surface area contributed by atoms with E-state index in [2.05, 4.69) is 6.92 Å². The summed E-state index contributed by atoms with van der Waals surface area (Å²) in [6, 6.07) is 0. The highest BCUT2D eigenvalue weighted by molar-refractivity contribution is 4.57. The van der Waals surface area contributed by atoms with Gasteiger partial charge in [0.2, 0.25) is 0 Å². The van der Waals surface area contributed by atoms with E-state index in [9.17, 15) is 0 Å². The predicted octanol–water partition coefficient (Wildman–Crippen LogP) is 1.80. The molecular weight excluding hydrogens is 128 g/mol. The monoisotopic (exact) mass is 144 g/mol. The number of ether oxygens (including phenoxy) is 2. The molecule has 0 bridgehead atoms. The van der Waals surface area contributed by atoms with E-state index in [0.717, 1.165) is 19.1 Å². The lowest BCUT2D eigenvalue weighted by atomic mass is 9.99. The maximum absolute atomic E-state index is 5.18. The minimum Gasteiger partial charge on any atom is -0.355 e. The van der Waals surface area contributed by atoms with Crippen LogP contribution >= 0.6 is 0 Å². The third-order valence-corrected chi connectivity index (χ3v) is 2.08. The normalized spacial score (nSPS) is 23.7. The van der Waals surface area contributed by atoms with Crippen molar-refractivity contribution in [1.29, 1.82) is 0 Å². The highest BCUT2D eigenvalue weighted by atomic mass is 16.7. The lowest BCUT2D eigenvalue weighted by Crippen LogP contribution is -2.14. The Morgan fingerprint density at radius 3 is 2.30 bits per heavy atom. The molecule has 0 aromatic rings. The van der Waals surface area contributed by atoms with Crippen LogP contribution in [0.3, 0.4) is 0 Å². The maximum atomic E-state index is 5.18. The Bertz CT molecular complexity index is 75.3. The van der Waals surface area contributed by atoms with Crippen LogP contribution in [0.15, 0.2) is 0 Å². The average Bonchev–Trinajstić information content (AvgIpc) is 1.87. The molecule has 0 aliphatic carbocycles. The lowest BCUT2D eigenvalue weighted by Gasteiger charge is -2.18. The van der Waals surface area contributed by atoms with Crippen molar-refractivity contribution in [3.8, 4) is 0 Å². The van der Waals surface area contributed by atoms with Crippen LogP contribution < -0.4 is 0 Å². The maximum Gasteiger partial charge on any atom is 0.146 e. The topological polar surface area (TPSA) is 18.5 Å². The second-order valence-corrected chi connectivity index (χ2v) is 2.79. The Morgan fingerprint density at radius 1 is 1.20 bits per heavy atom. The van der Waals surface area contributed by atoms with Crippen LogP contribution in [0, 0.1) is 5.92 Å². The molecule has 0 unspecified atom stereocenters. The van der Waals surface area contributed by atoms with E-state index in [-0.39, 0.29) is 0 Å². The fraction of sp³-hybridized carbons (Fsp3) is 1.00. The van der Waals surface area contributed by atoms with Crippen molar-refractivity contribution in [2.75, 3.05) is 20.0 Å². The van der Waals surface area contributed by atoms with Gasteiger partial charge in [0, 0.05) is 13.2 Å². The molecule has 1 aliphatic heterocycles. The van der Waals surface area contributed by atoms with Crippen molar-refractivity contribution in [2.45, 2.75) is 26.2 Å². The van der Waals surface area contributed by atoms with Crippen LogP contribution in [0.1, 0.15) is 26.2 Å². The summed E-state index contributed by atoms with van der Waals surface area (Å²) in [5.74, 6) is 0.820. The van der Waals surface area contributed by atoms with Gasteiger partial charge in [0.25, 0.3) is 0 Å². The average molecular weight is 144 g/mol. The van der Waals surface area contributed by atoms with E-state index < -0.39 is 0 Å². The molecule has 60 valence electrons. The fourth-order valence-corrected chi connectivity index (χ4v) is 1.23. The first-order valence-electron chi connectivity index (χ1n) is 4.09. The third-order valence-electron chi connectivity index (χ3n) is 2.08. The number of hydrogen-bond donors (Lipinski definition) is 0. The molecule has 1 saturated heterocycles. The molecule has 0 saturated carbocycles. The van der Waals surface area contributed by atoms with Gasteiger partial charge in [-0.3, -0.25) is 0 Å². The Hall–Kier alpha value is -0.0800. The van der Waals surface area contributed by atoms with Crippen molar-refractivity contribution in [3.63, 3.8) is 0 Å². The lowest BCUT2D eigenvalue weighted by molar-refractivity contribution is -0.0746. The van der Waals surface area contributed by atoms with E-state index in [4.69, 9.17) is 9.47 Å². The van der Waals surface area contributed by atoms with Crippen LogP contribution in [0.5, 0.6) is 0 Å². The molecule has 0 atom stereocenters. The summed E-state index contributed by atoms with van der Waals surface area (Å²) in [6.45, 7) is 4.47. The second-order valence-electron chi connectivity index (χ2n) is 2.79. The van der Waals surface area contributed by atoms with Crippen molar-refractivity contribution in [1.82, 2.24) is 0 Å². The zero-order valence-corrected chi connectivity index (χ0v) is 6.64. The van der Waals surface area contributed by atoms with E-state index in [1.54, 1.807) is 0 Å². The molecule has 10 heavy (non-hydrogen) atoms. The first-order valence-corrected chi connectivity index (χ1v) is 4.09. The van der Waals surface area contributed by atoms with E-state index in [0.29, 0.717) is 6.79 Å². The molecule has 1 aliphatic rings. The van der Waals surface area contributed by atoms with Gasteiger partial charge in [-0.2, -0.15) is 0 Å². The van der Waals surface area contributed by atoms with E-state index in [1.165, 1.54) is 19.3 Å². The van der Waals surface area contributed by atoms with Crippen LogP contribution in [-0.4, -0.2) is 20.0 Å². The van der Waals surface area contributed by atoms with Gasteiger partial charge >= 0.3 is 0 Å². The fourth-order valence-electron chi connectivity index (χ4n) is 1.23. The third kappa shape index (κ3) is 2.67. The predicted molar refractivity (Wildman–Crippen MR) is 39.8 cm³/mol. The van der Waals surface area contributed by atoms with Crippen LogP contribution in [0.2, 0.25) is 0 Å². The summed E-state index contributed by atoms with van der Waals surface area (Å²) in [6.07, 6.45) is 3.67. The quantitative estimate of drug-likeness (QED) is 0.558. The van der Waals surface area contributed by atoms with Gasteiger partial charge in [0.1, 0.15) is 6.79 Å². The van der Waals surface area contributed by atoms with Crippen molar-refractivity contribution in [3.05, 3.63) is 0 Å². The Morgan fingerprint density at radius 2 is 1.80 bits per heavy atom. The molecule has 0 N–H and O–H groups in total. The molecule has 2 heteroatoms. The zero-order valence-electron chi connectivity index (χ0n) is 6.64. The van der Waals surface area contributed by atoms with Crippen molar-refractivity contribution in [2.24, 2.45) is 5.92 Å². The Balaban J connectivity index is 2.16. The Labute approximate surface area is 62.5 Å². The van der Waals surface area contributed by atoms with Crippen molar-refractivity contribution >= 4 is 0 Å². The number of hydrogen-bond acceptors (Lipinski definition) is 2. The minimum atomic E-state index is 0.496. The number of rotatable bonds is 1. The summed E-state index contributed by atoms with van der Waals surface area (Å²) < 4.78 is 10.4. The van der Waals surface area contributed by atoms with Gasteiger partial charge in [-0.25, -0.2) is 0 Å². The smallest absolute Gasteiger partial charge is 0.146 e. The van der Waals surface area contributed by atoms with Crippen LogP contribution in [0.4, 0.5) is 0 Å². The molecule has 0 aromatic carbocycles. The molecular formula is C8H16O2. The van der Waals surface area contributed by atoms with Gasteiger partial charge in [0.05, 0.1) is 0 Å². The first-order chi connectivity index (χ1) is 4.93. The summed E-state index contributed by atoms with van der Waals surface area (Å²) >= 11 is 0. The SMILES string of the molecule is CCC1CCOCOCC1. The molecule has 1 fully saturated rings. The van der Waals surface area contributed by atoms with Crippen LogP contribution in [0.25, 0.3) is 0 Å². The van der Waals surface area contributed by atoms with Gasteiger partial charge < -0.3 is 9.47 Å². The van der Waals surface area contributed by atoms with Crippen LogP contribution in [-0.2, 0) is 9.47 Å². The molecule has 0 radical (unpaired) electrons. The first kappa shape index (κ1) is 8.02. The highest BCUT2D eigenvalue weighted by Crippen LogP contribution is 2.14. The summed E-state index contributed by atoms with van der Waals surface area (Å²) in [7, 11) is 0. The zero-order chi connectivity index (χ0) is 7.23. The van der Waals surface area contributed by atoms with Crippen molar-refractivity contribution < 1.29 is 9.47 Å². The standard InChI is InChI=1S/C8H16O2/c1-2-8-3-5-9-7-10-6-4-8/h8H,2-7H2,1H3. The van der Waals surface area contributed by atoms with Gasteiger partial charge in [-0.05, 0) is 18.8 Å². The molecule has 1 heterocycles. The minimum absolute atomic E-state index is 0.496. The van der Waals surface area contributed by atoms with E-state index in [1.807, 2.05) is 0 Å². The molecule has 1 rings (SSSR count). The summed E-state index contributed by atoms with van der Waals surface area (Å²) in [5, 5.41) is 0. The molecule has 2 nitrogen and oxygen atoms in total. The Kier molecular flexibility index (Phi) is 3.76. The second kappa shape index (κ2) is 4.69. The molecule has 0 aromatic heterocycles. The summed E-state index contributed by atoms with van der Waals surface area (Å²) in [4.78, 5) is 0. The molecule has 0 amide bonds. The molecule has 0 spiro atoms. The van der Waals surface area contributed by atoms with Gasteiger partial charge in [-0.15, -0.1) is 0 Å². The largest absolute Gasteiger partial charge is 0.355 e. The van der Waals surface area contributed by atoms with Gasteiger partial charge in [-0.1, -0.05) is 13.3 Å². The van der Waals surface area contributed by atoms with Gasteiger partial charge in [0.15, 0.2) is 0 Å². The highest BCUT2D eigenvalue weighted by Gasteiger charge is 2.08. The summed E-state index contributed by atoms with van der Waals surface area (Å²) in [5.41, 5.74) is 0.